The van der Waals surface area contributed by atoms with Crippen molar-refractivity contribution < 1.29 is 14.7 Å². The van der Waals surface area contributed by atoms with Crippen LogP contribution < -0.4 is 10.6 Å². The molecule has 0 aromatic heterocycles. The molecule has 0 spiro atoms. The number of benzene rings is 1. The van der Waals surface area contributed by atoms with Gasteiger partial charge in [-0.05, 0) is 44.2 Å². The topological polar surface area (TPSA) is 81.7 Å². The van der Waals surface area contributed by atoms with Gasteiger partial charge >= 0.3 is 12.0 Å². The zero-order valence-corrected chi connectivity index (χ0v) is 16.3. The number of likely N-dealkylation sites (tertiary alicyclic amines) is 1. The number of carbonyl (C=O) groups excluding carboxylic acids is 1. The fourth-order valence-electron chi connectivity index (χ4n) is 3.52. The Morgan fingerprint density at radius 1 is 1.22 bits per heavy atom. The lowest BCUT2D eigenvalue weighted by Crippen LogP contribution is -2.50. The Balaban J connectivity index is 1.79. The molecule has 1 atom stereocenters. The highest BCUT2D eigenvalue weighted by atomic mass is 16.4. The van der Waals surface area contributed by atoms with E-state index < -0.39 is 5.97 Å². The molecule has 6 heteroatoms. The first-order valence-corrected chi connectivity index (χ1v) is 10.1. The molecule has 6 nitrogen and oxygen atoms in total. The Morgan fingerprint density at radius 2 is 1.93 bits per heavy atom. The predicted octanol–water partition coefficient (Wildman–Crippen LogP) is 3.03. The number of carboxylic acid groups (broad SMARTS) is 1. The number of nitrogens with zero attached hydrogens (tertiary/aromatic N) is 1. The fraction of sp³-hybridized carbons (Fsp3) is 0.619. The summed E-state index contributed by atoms with van der Waals surface area (Å²) in [5, 5.41) is 15.0. The summed E-state index contributed by atoms with van der Waals surface area (Å²) in [4.78, 5) is 25.8. The van der Waals surface area contributed by atoms with Crippen LogP contribution >= 0.6 is 0 Å². The molecular weight excluding hydrogens is 342 g/mol. The molecule has 0 saturated carbocycles. The van der Waals surface area contributed by atoms with E-state index in [1.165, 1.54) is 12.8 Å². The lowest BCUT2D eigenvalue weighted by atomic mass is 10.0. The van der Waals surface area contributed by atoms with Gasteiger partial charge in [-0.3, -0.25) is 4.79 Å². The van der Waals surface area contributed by atoms with Crippen LogP contribution in [-0.4, -0.2) is 53.7 Å². The number of piperidine rings is 1. The molecule has 1 aromatic rings. The second-order valence-electron chi connectivity index (χ2n) is 7.41. The van der Waals surface area contributed by atoms with Crippen LogP contribution in [0.1, 0.15) is 51.0 Å². The molecule has 0 bridgehead atoms. The van der Waals surface area contributed by atoms with Crippen molar-refractivity contribution in [1.29, 1.82) is 0 Å². The Morgan fingerprint density at radius 3 is 2.56 bits per heavy atom. The molecule has 1 heterocycles. The molecular formula is C21H33N3O3. The number of hydrogen-bond donors (Lipinski definition) is 3. The van der Waals surface area contributed by atoms with Gasteiger partial charge in [0.05, 0.1) is 0 Å². The van der Waals surface area contributed by atoms with Crippen LogP contribution in [0.5, 0.6) is 0 Å². The molecule has 1 saturated heterocycles. The number of urea groups is 1. The number of aliphatic carboxylic acids is 1. The van der Waals surface area contributed by atoms with Crippen molar-refractivity contribution in [2.24, 2.45) is 0 Å². The fourth-order valence-corrected chi connectivity index (χ4v) is 3.52. The molecule has 1 fully saturated rings. The SMILES string of the molecule is CCCCN1CCC(NC(=O)NC(CCC(=O)O)Cc2ccccc2)CC1. The monoisotopic (exact) mass is 375 g/mol. The summed E-state index contributed by atoms with van der Waals surface area (Å²) in [7, 11) is 0. The van der Waals surface area contributed by atoms with E-state index in [2.05, 4.69) is 22.5 Å². The van der Waals surface area contributed by atoms with Crippen LogP contribution in [0.3, 0.4) is 0 Å². The van der Waals surface area contributed by atoms with Crippen molar-refractivity contribution in [3.05, 3.63) is 35.9 Å². The van der Waals surface area contributed by atoms with Crippen LogP contribution in [0.25, 0.3) is 0 Å². The number of carboxylic acids is 1. The zero-order chi connectivity index (χ0) is 19.5. The number of rotatable bonds is 10. The van der Waals surface area contributed by atoms with E-state index in [0.717, 1.165) is 38.0 Å². The van der Waals surface area contributed by atoms with E-state index in [-0.39, 0.29) is 24.5 Å². The number of amides is 2. The van der Waals surface area contributed by atoms with Crippen molar-refractivity contribution in [1.82, 2.24) is 15.5 Å². The van der Waals surface area contributed by atoms with Crippen LogP contribution in [0, 0.1) is 0 Å². The normalized spacial score (nSPS) is 16.6. The molecule has 1 aromatic carbocycles. The summed E-state index contributed by atoms with van der Waals surface area (Å²) < 4.78 is 0. The van der Waals surface area contributed by atoms with Gasteiger partial charge in [-0.1, -0.05) is 43.7 Å². The van der Waals surface area contributed by atoms with Gasteiger partial charge < -0.3 is 20.6 Å². The van der Waals surface area contributed by atoms with Gasteiger partial charge in [0.2, 0.25) is 0 Å². The van der Waals surface area contributed by atoms with E-state index in [1.54, 1.807) is 0 Å². The molecule has 1 aliphatic heterocycles. The van der Waals surface area contributed by atoms with E-state index in [4.69, 9.17) is 5.11 Å². The van der Waals surface area contributed by atoms with Crippen molar-refractivity contribution in [3.8, 4) is 0 Å². The van der Waals surface area contributed by atoms with Gasteiger partial charge in [0.25, 0.3) is 0 Å². The Labute approximate surface area is 162 Å². The Bertz CT molecular complexity index is 571. The minimum atomic E-state index is -0.838. The average molecular weight is 376 g/mol. The highest BCUT2D eigenvalue weighted by Gasteiger charge is 2.21. The van der Waals surface area contributed by atoms with Gasteiger partial charge in [0.15, 0.2) is 0 Å². The lowest BCUT2D eigenvalue weighted by Gasteiger charge is -2.32. The number of hydrogen-bond acceptors (Lipinski definition) is 3. The molecule has 2 amide bonds. The minimum absolute atomic E-state index is 0.0492. The summed E-state index contributed by atoms with van der Waals surface area (Å²) >= 11 is 0. The number of nitrogens with one attached hydrogen (secondary N) is 2. The Hall–Kier alpha value is -2.08. The Kier molecular flexibility index (Phi) is 9.11. The maximum absolute atomic E-state index is 12.4. The molecule has 1 aliphatic rings. The molecule has 2 rings (SSSR count). The number of unbranched alkanes of at least 4 members (excludes halogenated alkanes) is 1. The third kappa shape index (κ3) is 8.43. The highest BCUT2D eigenvalue weighted by molar-refractivity contribution is 5.74. The summed E-state index contributed by atoms with van der Waals surface area (Å²) in [6.07, 6.45) is 5.48. The third-order valence-corrected chi connectivity index (χ3v) is 5.12. The predicted molar refractivity (Wildman–Crippen MR) is 107 cm³/mol. The summed E-state index contributed by atoms with van der Waals surface area (Å²) in [6, 6.07) is 9.68. The standard InChI is InChI=1S/C21H33N3O3/c1-2-3-13-24-14-11-18(12-15-24)22-21(27)23-19(9-10-20(25)26)16-17-7-5-4-6-8-17/h4-8,18-19H,2-3,9-16H2,1H3,(H,25,26)(H2,22,23,27). The van der Waals surface area contributed by atoms with Crippen molar-refractivity contribution in [2.45, 2.75) is 64.0 Å². The molecule has 3 N–H and O–H groups in total. The van der Waals surface area contributed by atoms with Gasteiger partial charge in [-0.2, -0.15) is 0 Å². The first-order chi connectivity index (χ1) is 13.1. The summed E-state index contributed by atoms with van der Waals surface area (Å²) in [5.74, 6) is -0.838. The second-order valence-corrected chi connectivity index (χ2v) is 7.41. The maximum Gasteiger partial charge on any atom is 0.315 e. The van der Waals surface area contributed by atoms with Crippen LogP contribution in [0.4, 0.5) is 4.79 Å². The summed E-state index contributed by atoms with van der Waals surface area (Å²) in [6.45, 7) is 5.40. The number of carbonyl (C=O) groups is 2. The van der Waals surface area contributed by atoms with Gasteiger partial charge in [-0.25, -0.2) is 4.79 Å². The quantitative estimate of drug-likeness (QED) is 0.587. The third-order valence-electron chi connectivity index (χ3n) is 5.12. The van der Waals surface area contributed by atoms with E-state index in [0.29, 0.717) is 12.8 Å². The smallest absolute Gasteiger partial charge is 0.315 e. The molecule has 27 heavy (non-hydrogen) atoms. The van der Waals surface area contributed by atoms with E-state index in [1.807, 2.05) is 30.3 Å². The van der Waals surface area contributed by atoms with Crippen LogP contribution in [0.15, 0.2) is 30.3 Å². The maximum atomic E-state index is 12.4. The van der Waals surface area contributed by atoms with Crippen molar-refractivity contribution >= 4 is 12.0 Å². The first kappa shape index (κ1) is 21.2. The molecule has 0 radical (unpaired) electrons. The van der Waals surface area contributed by atoms with Crippen LogP contribution in [-0.2, 0) is 11.2 Å². The average Bonchev–Trinajstić information content (AvgIpc) is 2.66. The van der Waals surface area contributed by atoms with Gasteiger partial charge in [0.1, 0.15) is 0 Å². The van der Waals surface area contributed by atoms with Gasteiger partial charge in [-0.15, -0.1) is 0 Å². The first-order valence-electron chi connectivity index (χ1n) is 10.1. The largest absolute Gasteiger partial charge is 0.481 e. The molecule has 1 unspecified atom stereocenters. The van der Waals surface area contributed by atoms with Crippen molar-refractivity contribution in [2.75, 3.05) is 19.6 Å². The van der Waals surface area contributed by atoms with Gasteiger partial charge in [0, 0.05) is 31.6 Å². The molecule has 150 valence electrons. The zero-order valence-electron chi connectivity index (χ0n) is 16.3. The van der Waals surface area contributed by atoms with Crippen LogP contribution in [0.2, 0.25) is 0 Å². The summed E-state index contributed by atoms with van der Waals surface area (Å²) in [5.41, 5.74) is 1.09. The van der Waals surface area contributed by atoms with E-state index in [9.17, 15) is 9.59 Å². The lowest BCUT2D eigenvalue weighted by molar-refractivity contribution is -0.137. The van der Waals surface area contributed by atoms with Crippen molar-refractivity contribution in [3.63, 3.8) is 0 Å². The molecule has 0 aliphatic carbocycles. The minimum Gasteiger partial charge on any atom is -0.481 e. The second kappa shape index (κ2) is 11.6. The van der Waals surface area contributed by atoms with E-state index >= 15 is 0 Å². The highest BCUT2D eigenvalue weighted by Crippen LogP contribution is 2.12.